The molecule has 0 fully saturated rings. The number of nitrogens with zero attached hydrogens (tertiary/aromatic N) is 4. The molecule has 0 aromatic carbocycles. The molecule has 0 spiro atoms. The summed E-state index contributed by atoms with van der Waals surface area (Å²) in [5.74, 6) is 5.76. The van der Waals surface area contributed by atoms with Gasteiger partial charge in [-0.3, -0.25) is 10.5 Å². The van der Waals surface area contributed by atoms with E-state index in [4.69, 9.17) is 5.84 Å². The lowest BCUT2D eigenvalue weighted by molar-refractivity contribution is 0.365. The second kappa shape index (κ2) is 6.77. The summed E-state index contributed by atoms with van der Waals surface area (Å²) in [6, 6.07) is -0.111. The molecule has 0 radical (unpaired) electrons. The lowest BCUT2D eigenvalue weighted by Gasteiger charge is -2.18. The molecule has 0 amide bonds. The molecule has 110 valence electrons. The van der Waals surface area contributed by atoms with E-state index >= 15 is 0 Å². The Morgan fingerprint density at radius 2 is 2.25 bits per heavy atom. The maximum absolute atomic E-state index is 5.76. The van der Waals surface area contributed by atoms with Crippen LogP contribution in [0.3, 0.4) is 0 Å². The number of hydrogen-bond donors (Lipinski definition) is 2. The van der Waals surface area contributed by atoms with E-state index in [2.05, 4.69) is 36.3 Å². The van der Waals surface area contributed by atoms with Gasteiger partial charge in [-0.15, -0.1) is 11.3 Å². The molecule has 2 aromatic heterocycles. The molecule has 8 heteroatoms. The van der Waals surface area contributed by atoms with Gasteiger partial charge >= 0.3 is 0 Å². The molecule has 0 aliphatic carbocycles. The Morgan fingerprint density at radius 1 is 1.50 bits per heavy atom. The molecule has 1 unspecified atom stereocenters. The largest absolute Gasteiger partial charge is 0.308 e. The van der Waals surface area contributed by atoms with E-state index in [-0.39, 0.29) is 6.04 Å². The van der Waals surface area contributed by atoms with Crippen LogP contribution in [0.5, 0.6) is 0 Å². The van der Waals surface area contributed by atoms with Crippen molar-refractivity contribution >= 4 is 27.3 Å². The van der Waals surface area contributed by atoms with Crippen LogP contribution in [0, 0.1) is 6.92 Å². The molecule has 0 saturated carbocycles. The van der Waals surface area contributed by atoms with Crippen molar-refractivity contribution in [2.45, 2.75) is 19.5 Å². The number of hydrazine groups is 1. The molecule has 20 heavy (non-hydrogen) atoms. The lowest BCUT2D eigenvalue weighted by Crippen LogP contribution is -2.31. The van der Waals surface area contributed by atoms with Crippen molar-refractivity contribution in [2.75, 3.05) is 20.6 Å². The quantitative estimate of drug-likeness (QED) is 0.605. The van der Waals surface area contributed by atoms with Gasteiger partial charge in [-0.25, -0.2) is 10.4 Å². The first-order valence-electron chi connectivity index (χ1n) is 6.27. The zero-order valence-corrected chi connectivity index (χ0v) is 14.2. The van der Waals surface area contributed by atoms with Gasteiger partial charge in [0.2, 0.25) is 0 Å². The van der Waals surface area contributed by atoms with Crippen molar-refractivity contribution < 1.29 is 0 Å². The lowest BCUT2D eigenvalue weighted by atomic mass is 10.2. The van der Waals surface area contributed by atoms with Crippen molar-refractivity contribution in [3.63, 3.8) is 0 Å². The van der Waals surface area contributed by atoms with Crippen LogP contribution in [0.15, 0.2) is 16.9 Å². The Kier molecular flexibility index (Phi) is 5.28. The number of aromatic nitrogens is 3. The Hall–Kier alpha value is -0.800. The van der Waals surface area contributed by atoms with Crippen LogP contribution >= 0.6 is 27.3 Å². The summed E-state index contributed by atoms with van der Waals surface area (Å²) in [5.41, 5.74) is 3.89. The molecule has 1 atom stereocenters. The Morgan fingerprint density at radius 3 is 2.80 bits per heavy atom. The minimum atomic E-state index is -0.111. The van der Waals surface area contributed by atoms with Crippen LogP contribution < -0.4 is 11.3 Å². The minimum Gasteiger partial charge on any atom is -0.308 e. The van der Waals surface area contributed by atoms with Crippen LogP contribution in [-0.4, -0.2) is 40.3 Å². The monoisotopic (exact) mass is 358 g/mol. The minimum absolute atomic E-state index is 0.111. The standard InChI is InChI=1S/C12H19BrN6S/c1-8-15-7-10(20-8)11(17-14)12-9(13)6-16-19(12)5-4-18(2)3/h6-7,11,17H,4-5,14H2,1-3H3. The van der Waals surface area contributed by atoms with Crippen molar-refractivity contribution in [2.24, 2.45) is 5.84 Å². The molecule has 2 rings (SSSR count). The average Bonchev–Trinajstić information content (AvgIpc) is 2.97. The Balaban J connectivity index is 2.31. The van der Waals surface area contributed by atoms with Crippen LogP contribution in [0.25, 0.3) is 0 Å². The molecular formula is C12H19BrN6S. The van der Waals surface area contributed by atoms with Gasteiger partial charge in [0, 0.05) is 17.6 Å². The van der Waals surface area contributed by atoms with Crippen molar-refractivity contribution in [1.29, 1.82) is 0 Å². The number of rotatable bonds is 6. The molecule has 3 N–H and O–H groups in total. The third kappa shape index (κ3) is 3.44. The predicted molar refractivity (Wildman–Crippen MR) is 84.5 cm³/mol. The van der Waals surface area contributed by atoms with Crippen molar-refractivity contribution in [1.82, 2.24) is 25.1 Å². The highest BCUT2D eigenvalue weighted by molar-refractivity contribution is 9.10. The van der Waals surface area contributed by atoms with Crippen molar-refractivity contribution in [3.05, 3.63) is 32.4 Å². The van der Waals surface area contributed by atoms with Gasteiger partial charge in [0.25, 0.3) is 0 Å². The summed E-state index contributed by atoms with van der Waals surface area (Å²) < 4.78 is 2.93. The van der Waals surface area contributed by atoms with Gasteiger partial charge in [-0.05, 0) is 36.9 Å². The maximum Gasteiger partial charge on any atom is 0.0997 e. The fraction of sp³-hybridized carbons (Fsp3) is 0.500. The fourth-order valence-electron chi connectivity index (χ4n) is 1.94. The van der Waals surface area contributed by atoms with Crippen LogP contribution in [0.1, 0.15) is 21.6 Å². The normalized spacial score (nSPS) is 13.1. The van der Waals surface area contributed by atoms with Crippen molar-refractivity contribution in [3.8, 4) is 0 Å². The Bertz CT molecular complexity index is 564. The summed E-state index contributed by atoms with van der Waals surface area (Å²) in [6.07, 6.45) is 3.67. The number of hydrogen-bond acceptors (Lipinski definition) is 6. The number of nitrogens with one attached hydrogen (secondary N) is 1. The SMILES string of the molecule is Cc1ncc(C(NN)c2c(Br)cnn2CCN(C)C)s1. The summed E-state index contributed by atoms with van der Waals surface area (Å²) in [4.78, 5) is 7.51. The molecule has 0 saturated heterocycles. The van der Waals surface area contributed by atoms with Crippen LogP contribution in [-0.2, 0) is 6.54 Å². The zero-order valence-electron chi connectivity index (χ0n) is 11.8. The average molecular weight is 359 g/mol. The summed E-state index contributed by atoms with van der Waals surface area (Å²) in [7, 11) is 4.09. The van der Waals surface area contributed by atoms with E-state index in [0.29, 0.717) is 0 Å². The number of aryl methyl sites for hydroxylation is 1. The first kappa shape index (κ1) is 15.6. The number of nitrogens with two attached hydrogens (primary N) is 1. The molecule has 0 aliphatic heterocycles. The van der Waals surface area contributed by atoms with E-state index in [1.54, 1.807) is 11.3 Å². The molecule has 2 aromatic rings. The smallest absolute Gasteiger partial charge is 0.0997 e. The first-order valence-corrected chi connectivity index (χ1v) is 7.88. The topological polar surface area (TPSA) is 72.0 Å². The highest BCUT2D eigenvalue weighted by Gasteiger charge is 2.22. The van der Waals surface area contributed by atoms with Gasteiger partial charge < -0.3 is 4.90 Å². The van der Waals surface area contributed by atoms with Gasteiger partial charge in [0.05, 0.1) is 34.0 Å². The van der Waals surface area contributed by atoms with Gasteiger partial charge in [-0.2, -0.15) is 5.10 Å². The van der Waals surface area contributed by atoms with E-state index in [1.165, 1.54) is 0 Å². The molecular weight excluding hydrogens is 340 g/mol. The van der Waals surface area contributed by atoms with E-state index in [9.17, 15) is 0 Å². The maximum atomic E-state index is 5.76. The summed E-state index contributed by atoms with van der Waals surface area (Å²) in [5, 5.41) is 5.44. The molecule has 0 bridgehead atoms. The third-order valence-electron chi connectivity index (χ3n) is 2.96. The number of likely N-dealkylation sites (N-methyl/N-ethyl adjacent to an activating group) is 1. The van der Waals surface area contributed by atoms with Crippen LogP contribution in [0.2, 0.25) is 0 Å². The third-order valence-corrected chi connectivity index (χ3v) is 4.54. The summed E-state index contributed by atoms with van der Waals surface area (Å²) in [6.45, 7) is 3.71. The fourth-order valence-corrected chi connectivity index (χ4v) is 3.31. The van der Waals surface area contributed by atoms with Crippen LogP contribution in [0.4, 0.5) is 0 Å². The zero-order chi connectivity index (χ0) is 14.7. The van der Waals surface area contributed by atoms with E-state index in [0.717, 1.165) is 33.1 Å². The molecule has 0 aliphatic rings. The number of thiazole rings is 1. The first-order chi connectivity index (χ1) is 9.52. The summed E-state index contributed by atoms with van der Waals surface area (Å²) >= 11 is 5.20. The Labute approximate surface area is 131 Å². The molecule has 2 heterocycles. The molecule has 6 nitrogen and oxygen atoms in total. The van der Waals surface area contributed by atoms with E-state index < -0.39 is 0 Å². The van der Waals surface area contributed by atoms with Gasteiger partial charge in [-0.1, -0.05) is 0 Å². The highest BCUT2D eigenvalue weighted by atomic mass is 79.9. The highest BCUT2D eigenvalue weighted by Crippen LogP contribution is 2.31. The second-order valence-electron chi connectivity index (χ2n) is 4.79. The second-order valence-corrected chi connectivity index (χ2v) is 6.91. The number of halogens is 1. The van der Waals surface area contributed by atoms with Gasteiger partial charge in [0.1, 0.15) is 0 Å². The predicted octanol–water partition coefficient (Wildman–Crippen LogP) is 1.52. The van der Waals surface area contributed by atoms with E-state index in [1.807, 2.05) is 38.1 Å². The van der Waals surface area contributed by atoms with Gasteiger partial charge in [0.15, 0.2) is 0 Å².